The van der Waals surface area contributed by atoms with Crippen LogP contribution >= 0.6 is 15.9 Å². The molecule has 126 valence electrons. The third-order valence-electron chi connectivity index (χ3n) is 3.40. The molecule has 0 atom stereocenters. The van der Waals surface area contributed by atoms with Crippen molar-refractivity contribution in [3.8, 4) is 5.69 Å². The number of aryl methyl sites for hydroxylation is 1. The van der Waals surface area contributed by atoms with Gasteiger partial charge in [-0.15, -0.1) is 5.10 Å². The van der Waals surface area contributed by atoms with Crippen molar-refractivity contribution in [2.75, 3.05) is 5.32 Å². The monoisotopic (exact) mass is 401 g/mol. The number of amides is 1. The Kier molecular flexibility index (Phi) is 4.99. The minimum absolute atomic E-state index is 0.0502. The summed E-state index contributed by atoms with van der Waals surface area (Å²) in [6.07, 6.45) is 2.99. The summed E-state index contributed by atoms with van der Waals surface area (Å²) >= 11 is 3.40. The normalized spacial score (nSPS) is 11.0. The van der Waals surface area contributed by atoms with Crippen LogP contribution in [0.2, 0.25) is 0 Å². The summed E-state index contributed by atoms with van der Waals surface area (Å²) in [5, 5.41) is 13.7. The summed E-state index contributed by atoms with van der Waals surface area (Å²) in [6.45, 7) is 1.72. The zero-order valence-corrected chi connectivity index (χ0v) is 14.7. The lowest BCUT2D eigenvalue weighted by Crippen LogP contribution is -2.10. The van der Waals surface area contributed by atoms with Gasteiger partial charge >= 0.3 is 0 Å². The minimum atomic E-state index is -0.544. The van der Waals surface area contributed by atoms with E-state index in [-0.39, 0.29) is 5.69 Å². The minimum Gasteiger partial charge on any atom is -0.320 e. The maximum Gasteiger partial charge on any atom is 0.248 e. The summed E-state index contributed by atoms with van der Waals surface area (Å²) in [5.41, 5.74) is 1.44. The van der Waals surface area contributed by atoms with Gasteiger partial charge in [0.2, 0.25) is 5.91 Å². The lowest BCUT2D eigenvalue weighted by Gasteiger charge is -2.07. The van der Waals surface area contributed by atoms with Crippen molar-refractivity contribution in [3.05, 3.63) is 70.2 Å². The molecule has 2 aromatic carbocycles. The van der Waals surface area contributed by atoms with Gasteiger partial charge in [-0.3, -0.25) is 4.79 Å². The maximum absolute atomic E-state index is 14.0. The quantitative estimate of drug-likeness (QED) is 0.678. The topological polar surface area (TPSA) is 72.7 Å². The molecule has 1 amide bonds. The first-order valence-corrected chi connectivity index (χ1v) is 8.12. The van der Waals surface area contributed by atoms with Gasteiger partial charge in [0.25, 0.3) is 0 Å². The molecule has 3 rings (SSSR count). The molecule has 0 saturated heterocycles. The number of anilines is 1. The molecule has 0 bridgehead atoms. The van der Waals surface area contributed by atoms with Crippen molar-refractivity contribution in [1.82, 2.24) is 20.2 Å². The van der Waals surface area contributed by atoms with Gasteiger partial charge in [0, 0.05) is 10.5 Å². The van der Waals surface area contributed by atoms with E-state index in [9.17, 15) is 9.18 Å². The van der Waals surface area contributed by atoms with Crippen LogP contribution in [0.4, 0.5) is 10.1 Å². The fraction of sp³-hybridized carbons (Fsp3) is 0.0588. The third-order valence-corrected chi connectivity index (χ3v) is 4.12. The van der Waals surface area contributed by atoms with Crippen molar-refractivity contribution in [3.63, 3.8) is 0 Å². The Morgan fingerprint density at radius 3 is 2.80 bits per heavy atom. The first-order chi connectivity index (χ1) is 12.0. The van der Waals surface area contributed by atoms with Gasteiger partial charge in [-0.1, -0.05) is 34.1 Å². The van der Waals surface area contributed by atoms with E-state index in [4.69, 9.17) is 0 Å². The predicted octanol–water partition coefficient (Wildman–Crippen LogP) is 3.52. The fourth-order valence-electron chi connectivity index (χ4n) is 2.16. The summed E-state index contributed by atoms with van der Waals surface area (Å²) < 4.78 is 16.3. The van der Waals surface area contributed by atoms with Crippen LogP contribution in [0.25, 0.3) is 11.8 Å². The molecule has 1 aromatic heterocycles. The highest BCUT2D eigenvalue weighted by molar-refractivity contribution is 9.10. The predicted molar refractivity (Wildman–Crippen MR) is 95.7 cm³/mol. The number of hydrogen-bond donors (Lipinski definition) is 1. The number of nitrogens with zero attached hydrogens (tertiary/aromatic N) is 4. The van der Waals surface area contributed by atoms with Gasteiger partial charge < -0.3 is 5.32 Å². The van der Waals surface area contributed by atoms with Gasteiger partial charge in [-0.05, 0) is 53.3 Å². The highest BCUT2D eigenvalue weighted by Gasteiger charge is 2.10. The highest BCUT2D eigenvalue weighted by atomic mass is 79.9. The number of carbonyl (C=O) groups excluding carboxylic acids is 1. The molecule has 6 nitrogen and oxygen atoms in total. The molecule has 0 aliphatic carbocycles. The van der Waals surface area contributed by atoms with E-state index in [1.165, 1.54) is 29.0 Å². The van der Waals surface area contributed by atoms with Crippen LogP contribution in [-0.4, -0.2) is 26.1 Å². The summed E-state index contributed by atoms with van der Waals surface area (Å²) in [4.78, 5) is 12.1. The number of carbonyl (C=O) groups is 1. The molecule has 0 aliphatic rings. The van der Waals surface area contributed by atoms with Crippen molar-refractivity contribution in [2.24, 2.45) is 0 Å². The Hall–Kier alpha value is -2.87. The van der Waals surface area contributed by atoms with Crippen LogP contribution in [0.1, 0.15) is 11.4 Å². The van der Waals surface area contributed by atoms with Crippen LogP contribution in [0.15, 0.2) is 53.0 Å². The smallest absolute Gasteiger partial charge is 0.248 e. The second kappa shape index (κ2) is 7.35. The summed E-state index contributed by atoms with van der Waals surface area (Å²) in [5.74, 6) is -0.435. The molecular formula is C17H13BrFN5O. The molecule has 0 radical (unpaired) electrons. The summed E-state index contributed by atoms with van der Waals surface area (Å²) in [6, 6.07) is 11.7. The number of tetrazole rings is 1. The SMILES string of the molecule is Cc1nnnn1-c1ccc(F)c(NC(=O)/C=C/c2ccccc2Br)c1. The van der Waals surface area contributed by atoms with Gasteiger partial charge in [0.15, 0.2) is 5.82 Å². The summed E-state index contributed by atoms with van der Waals surface area (Å²) in [7, 11) is 0. The standard InChI is InChI=1S/C17H13BrFN5O/c1-11-21-22-23-24(11)13-7-8-15(19)16(10-13)20-17(25)9-6-12-4-2-3-5-14(12)18/h2-10H,1H3,(H,20,25)/b9-6+. The van der Waals surface area contributed by atoms with E-state index in [1.807, 2.05) is 24.3 Å². The maximum atomic E-state index is 14.0. The lowest BCUT2D eigenvalue weighted by atomic mass is 10.2. The van der Waals surface area contributed by atoms with E-state index in [1.54, 1.807) is 13.0 Å². The molecule has 0 saturated carbocycles. The number of nitrogens with one attached hydrogen (secondary N) is 1. The Labute approximate surface area is 151 Å². The second-order valence-corrected chi connectivity index (χ2v) is 6.00. The molecule has 25 heavy (non-hydrogen) atoms. The second-order valence-electron chi connectivity index (χ2n) is 5.15. The van der Waals surface area contributed by atoms with Crippen LogP contribution in [-0.2, 0) is 4.79 Å². The third kappa shape index (κ3) is 3.97. The Balaban J connectivity index is 1.79. The zero-order valence-electron chi connectivity index (χ0n) is 13.1. The molecule has 1 heterocycles. The van der Waals surface area contributed by atoms with Crippen molar-refractivity contribution in [2.45, 2.75) is 6.92 Å². The number of aromatic nitrogens is 4. The number of rotatable bonds is 4. The Morgan fingerprint density at radius 1 is 1.28 bits per heavy atom. The van der Waals surface area contributed by atoms with E-state index in [0.717, 1.165) is 10.0 Å². The molecule has 8 heteroatoms. The fourth-order valence-corrected chi connectivity index (χ4v) is 2.58. The van der Waals surface area contributed by atoms with E-state index >= 15 is 0 Å². The van der Waals surface area contributed by atoms with Crippen molar-refractivity contribution in [1.29, 1.82) is 0 Å². The number of hydrogen-bond acceptors (Lipinski definition) is 4. The van der Waals surface area contributed by atoms with Crippen molar-refractivity contribution < 1.29 is 9.18 Å². The van der Waals surface area contributed by atoms with Gasteiger partial charge in [-0.25, -0.2) is 4.39 Å². The average Bonchev–Trinajstić information content (AvgIpc) is 3.02. The molecule has 3 aromatic rings. The molecular weight excluding hydrogens is 389 g/mol. The first-order valence-electron chi connectivity index (χ1n) is 7.33. The van der Waals surface area contributed by atoms with Crippen LogP contribution in [0.3, 0.4) is 0 Å². The molecule has 1 N–H and O–H groups in total. The largest absolute Gasteiger partial charge is 0.320 e. The molecule has 0 aliphatic heterocycles. The van der Waals surface area contributed by atoms with Crippen LogP contribution < -0.4 is 5.32 Å². The van der Waals surface area contributed by atoms with E-state index in [2.05, 4.69) is 36.8 Å². The van der Waals surface area contributed by atoms with Gasteiger partial charge in [0.05, 0.1) is 11.4 Å². The molecule has 0 fully saturated rings. The average molecular weight is 402 g/mol. The van der Waals surface area contributed by atoms with Crippen molar-refractivity contribution >= 4 is 33.6 Å². The van der Waals surface area contributed by atoms with E-state index in [0.29, 0.717) is 11.5 Å². The number of benzene rings is 2. The van der Waals surface area contributed by atoms with Gasteiger partial charge in [-0.2, -0.15) is 4.68 Å². The van der Waals surface area contributed by atoms with Gasteiger partial charge in [0.1, 0.15) is 5.82 Å². The van der Waals surface area contributed by atoms with Crippen LogP contribution in [0.5, 0.6) is 0 Å². The molecule has 0 unspecified atom stereocenters. The highest BCUT2D eigenvalue weighted by Crippen LogP contribution is 2.20. The van der Waals surface area contributed by atoms with Crippen LogP contribution in [0, 0.1) is 12.7 Å². The molecule has 0 spiro atoms. The first kappa shape index (κ1) is 17.0. The number of halogens is 2. The Morgan fingerprint density at radius 2 is 2.08 bits per heavy atom. The Bertz CT molecular complexity index is 954. The zero-order chi connectivity index (χ0) is 17.8. The lowest BCUT2D eigenvalue weighted by molar-refractivity contribution is -0.111. The van der Waals surface area contributed by atoms with E-state index < -0.39 is 11.7 Å².